The summed E-state index contributed by atoms with van der Waals surface area (Å²) in [6, 6.07) is 4.51. The number of nitrogens with one attached hydrogen (secondary N) is 1. The van der Waals surface area contributed by atoms with E-state index in [0.29, 0.717) is 0 Å². The molecule has 0 bridgehead atoms. The molecular weight excluding hydrogens is 226 g/mol. The second-order valence-corrected chi connectivity index (χ2v) is 6.65. The third-order valence-electron chi connectivity index (χ3n) is 2.88. The molecule has 1 nitrogen and oxygen atoms in total. The first-order valence-corrected chi connectivity index (χ1v) is 7.76. The molecule has 1 aromatic rings. The van der Waals surface area contributed by atoms with Gasteiger partial charge >= 0.3 is 0 Å². The Labute approximate surface area is 111 Å². The van der Waals surface area contributed by atoms with Gasteiger partial charge in [-0.05, 0) is 57.3 Å². The van der Waals surface area contributed by atoms with Crippen LogP contribution in [0.25, 0.3) is 0 Å². The van der Waals surface area contributed by atoms with Gasteiger partial charge in [0.2, 0.25) is 0 Å². The van der Waals surface area contributed by atoms with Gasteiger partial charge in [0.15, 0.2) is 0 Å². The normalized spacial score (nSPS) is 11.3. The van der Waals surface area contributed by atoms with Crippen molar-refractivity contribution in [1.29, 1.82) is 0 Å². The Balaban J connectivity index is 1.88. The van der Waals surface area contributed by atoms with E-state index in [1.165, 1.54) is 43.5 Å². The molecule has 0 unspecified atom stereocenters. The average molecular weight is 253 g/mol. The topological polar surface area (TPSA) is 12.0 Å². The molecule has 0 amide bonds. The molecule has 2 heteroatoms. The van der Waals surface area contributed by atoms with Crippen LogP contribution in [0, 0.1) is 12.8 Å². The van der Waals surface area contributed by atoms with E-state index in [1.54, 1.807) is 4.88 Å². The van der Waals surface area contributed by atoms with Crippen molar-refractivity contribution >= 4 is 11.3 Å². The fourth-order valence-electron chi connectivity index (χ4n) is 1.91. The molecule has 17 heavy (non-hydrogen) atoms. The van der Waals surface area contributed by atoms with Crippen molar-refractivity contribution in [2.75, 3.05) is 13.1 Å². The Hall–Kier alpha value is -0.340. The Morgan fingerprint density at radius 1 is 1.12 bits per heavy atom. The molecular formula is C15H27NS. The Morgan fingerprint density at radius 2 is 1.88 bits per heavy atom. The second kappa shape index (κ2) is 8.71. The lowest BCUT2D eigenvalue weighted by Crippen LogP contribution is -2.20. The van der Waals surface area contributed by atoms with Crippen LogP contribution in [0.5, 0.6) is 0 Å². The standard InChI is InChI=1S/C15H27NS/c1-13(2)12-16-11-7-5-4-6-8-15-10-9-14(3)17-15/h9-10,13,16H,4-8,11-12H2,1-3H3. The molecule has 0 atom stereocenters. The van der Waals surface area contributed by atoms with Gasteiger partial charge in [0.25, 0.3) is 0 Å². The van der Waals surface area contributed by atoms with E-state index < -0.39 is 0 Å². The van der Waals surface area contributed by atoms with Crippen LogP contribution in [0.1, 0.15) is 49.3 Å². The Morgan fingerprint density at radius 3 is 2.53 bits per heavy atom. The smallest absolute Gasteiger partial charge is 0.00480 e. The summed E-state index contributed by atoms with van der Waals surface area (Å²) in [4.78, 5) is 3.00. The highest BCUT2D eigenvalue weighted by molar-refractivity contribution is 7.11. The molecule has 0 spiro atoms. The van der Waals surface area contributed by atoms with Crippen LogP contribution in [0.3, 0.4) is 0 Å². The van der Waals surface area contributed by atoms with E-state index in [-0.39, 0.29) is 0 Å². The van der Waals surface area contributed by atoms with Crippen molar-refractivity contribution in [3.63, 3.8) is 0 Å². The summed E-state index contributed by atoms with van der Waals surface area (Å²) >= 11 is 1.95. The SMILES string of the molecule is Cc1ccc(CCCCCCNCC(C)C)s1. The van der Waals surface area contributed by atoms with Crippen LogP contribution in [0.2, 0.25) is 0 Å². The number of aryl methyl sites for hydroxylation is 2. The van der Waals surface area contributed by atoms with Crippen molar-refractivity contribution in [3.8, 4) is 0 Å². The van der Waals surface area contributed by atoms with Crippen LogP contribution in [0.4, 0.5) is 0 Å². The minimum Gasteiger partial charge on any atom is -0.316 e. The molecule has 98 valence electrons. The lowest BCUT2D eigenvalue weighted by Gasteiger charge is -2.06. The molecule has 0 aromatic carbocycles. The molecule has 1 N–H and O–H groups in total. The van der Waals surface area contributed by atoms with Crippen molar-refractivity contribution in [1.82, 2.24) is 5.32 Å². The number of unbranched alkanes of at least 4 members (excludes halogenated alkanes) is 3. The largest absolute Gasteiger partial charge is 0.316 e. The number of thiophene rings is 1. The zero-order chi connectivity index (χ0) is 12.5. The zero-order valence-electron chi connectivity index (χ0n) is 11.6. The lowest BCUT2D eigenvalue weighted by atomic mass is 10.1. The highest BCUT2D eigenvalue weighted by Gasteiger charge is 1.97. The van der Waals surface area contributed by atoms with Crippen LogP contribution in [-0.2, 0) is 6.42 Å². The molecule has 0 aliphatic heterocycles. The van der Waals surface area contributed by atoms with Gasteiger partial charge in [-0.25, -0.2) is 0 Å². The zero-order valence-corrected chi connectivity index (χ0v) is 12.4. The first kappa shape index (κ1) is 14.7. The van der Waals surface area contributed by atoms with Gasteiger partial charge in [-0.2, -0.15) is 0 Å². The van der Waals surface area contributed by atoms with Gasteiger partial charge in [0.1, 0.15) is 0 Å². The first-order chi connectivity index (χ1) is 8.18. The van der Waals surface area contributed by atoms with Crippen LogP contribution in [0.15, 0.2) is 12.1 Å². The van der Waals surface area contributed by atoms with Gasteiger partial charge in [0, 0.05) is 9.75 Å². The Kier molecular flexibility index (Phi) is 7.54. The minimum atomic E-state index is 0.775. The second-order valence-electron chi connectivity index (χ2n) is 5.27. The lowest BCUT2D eigenvalue weighted by molar-refractivity contribution is 0.526. The highest BCUT2D eigenvalue weighted by atomic mass is 32.1. The summed E-state index contributed by atoms with van der Waals surface area (Å²) < 4.78 is 0. The molecule has 1 aromatic heterocycles. The van der Waals surface area contributed by atoms with Gasteiger partial charge in [0.05, 0.1) is 0 Å². The van der Waals surface area contributed by atoms with E-state index >= 15 is 0 Å². The fraction of sp³-hybridized carbons (Fsp3) is 0.733. The molecule has 1 heterocycles. The molecule has 0 aliphatic rings. The van der Waals surface area contributed by atoms with Gasteiger partial charge < -0.3 is 5.32 Å². The fourth-order valence-corrected chi connectivity index (χ4v) is 2.85. The molecule has 0 radical (unpaired) electrons. The summed E-state index contributed by atoms with van der Waals surface area (Å²) in [5.74, 6) is 0.775. The third-order valence-corrected chi connectivity index (χ3v) is 3.94. The number of hydrogen-bond acceptors (Lipinski definition) is 2. The molecule has 0 saturated carbocycles. The van der Waals surface area contributed by atoms with Crippen molar-refractivity contribution in [2.45, 2.75) is 52.9 Å². The van der Waals surface area contributed by atoms with E-state index in [1.807, 2.05) is 11.3 Å². The monoisotopic (exact) mass is 253 g/mol. The van der Waals surface area contributed by atoms with Crippen LogP contribution >= 0.6 is 11.3 Å². The predicted octanol–water partition coefficient (Wildman–Crippen LogP) is 4.41. The van der Waals surface area contributed by atoms with Crippen molar-refractivity contribution < 1.29 is 0 Å². The maximum atomic E-state index is 3.50. The highest BCUT2D eigenvalue weighted by Crippen LogP contribution is 2.17. The number of hydrogen-bond donors (Lipinski definition) is 1. The van der Waals surface area contributed by atoms with Crippen LogP contribution < -0.4 is 5.32 Å². The summed E-state index contributed by atoms with van der Waals surface area (Å²) in [5, 5.41) is 3.50. The van der Waals surface area contributed by atoms with Crippen molar-refractivity contribution in [3.05, 3.63) is 21.9 Å². The quantitative estimate of drug-likeness (QED) is 0.643. The molecule has 0 fully saturated rings. The van der Waals surface area contributed by atoms with Crippen molar-refractivity contribution in [2.24, 2.45) is 5.92 Å². The Bertz CT molecular complexity index is 291. The number of rotatable bonds is 9. The molecule has 0 saturated heterocycles. The first-order valence-electron chi connectivity index (χ1n) is 6.94. The van der Waals surface area contributed by atoms with E-state index in [4.69, 9.17) is 0 Å². The summed E-state index contributed by atoms with van der Waals surface area (Å²) in [7, 11) is 0. The van der Waals surface area contributed by atoms with Crippen LogP contribution in [-0.4, -0.2) is 13.1 Å². The van der Waals surface area contributed by atoms with E-state index in [2.05, 4.69) is 38.2 Å². The predicted molar refractivity (Wildman–Crippen MR) is 78.9 cm³/mol. The molecule has 0 aliphatic carbocycles. The third kappa shape index (κ3) is 7.56. The van der Waals surface area contributed by atoms with Gasteiger partial charge in [-0.3, -0.25) is 0 Å². The van der Waals surface area contributed by atoms with E-state index in [9.17, 15) is 0 Å². The molecule has 1 rings (SSSR count). The summed E-state index contributed by atoms with van der Waals surface area (Å²) in [6.07, 6.45) is 6.70. The maximum Gasteiger partial charge on any atom is 0.00480 e. The summed E-state index contributed by atoms with van der Waals surface area (Å²) in [5.41, 5.74) is 0. The summed E-state index contributed by atoms with van der Waals surface area (Å²) in [6.45, 7) is 9.06. The average Bonchev–Trinajstić information content (AvgIpc) is 2.68. The maximum absolute atomic E-state index is 3.50. The van der Waals surface area contributed by atoms with E-state index in [0.717, 1.165) is 12.5 Å². The van der Waals surface area contributed by atoms with Gasteiger partial charge in [-0.1, -0.05) is 26.7 Å². The minimum absolute atomic E-state index is 0.775. The van der Waals surface area contributed by atoms with Gasteiger partial charge in [-0.15, -0.1) is 11.3 Å².